The number of amides is 2. The summed E-state index contributed by atoms with van der Waals surface area (Å²) < 4.78 is 24.1. The van der Waals surface area contributed by atoms with Gasteiger partial charge in [-0.15, -0.1) is 0 Å². The molecule has 2 aromatic rings. The molecule has 2 aliphatic rings. The van der Waals surface area contributed by atoms with Gasteiger partial charge in [0.15, 0.2) is 0 Å². The number of nitrogens with zero attached hydrogens (tertiary/aromatic N) is 4. The van der Waals surface area contributed by atoms with Crippen LogP contribution >= 0.6 is 0 Å². The normalized spacial score (nSPS) is 21.5. The molecule has 0 N–H and O–H groups in total. The van der Waals surface area contributed by atoms with Crippen LogP contribution in [0.3, 0.4) is 0 Å². The maximum absolute atomic E-state index is 13.1. The average molecular weight is 400 g/mol. The summed E-state index contributed by atoms with van der Waals surface area (Å²) in [6.45, 7) is 1.26. The Morgan fingerprint density at radius 2 is 1.86 bits per heavy atom. The first-order valence-corrected chi connectivity index (χ1v) is 9.41. The summed E-state index contributed by atoms with van der Waals surface area (Å²) in [5.41, 5.74) is 0.601. The van der Waals surface area contributed by atoms with Crippen LogP contribution in [0.5, 0.6) is 11.8 Å². The number of hydrogen-bond donors (Lipinski definition) is 0. The molecule has 0 aliphatic carbocycles. The van der Waals surface area contributed by atoms with Crippen molar-refractivity contribution in [2.75, 3.05) is 31.6 Å². The van der Waals surface area contributed by atoms with E-state index in [4.69, 9.17) is 9.47 Å². The molecule has 152 valence electrons. The minimum Gasteiger partial charge on any atom is -0.477 e. The van der Waals surface area contributed by atoms with E-state index in [0.717, 1.165) is 0 Å². The molecular weight excluding hydrogens is 379 g/mol. The maximum atomic E-state index is 13.1. The summed E-state index contributed by atoms with van der Waals surface area (Å²) in [5.74, 6) is -0.388. The molecule has 2 atom stereocenters. The number of likely N-dealkylation sites (tertiary alicyclic amines) is 1. The summed E-state index contributed by atoms with van der Waals surface area (Å²) in [7, 11) is 1.49. The van der Waals surface area contributed by atoms with Crippen molar-refractivity contribution in [1.29, 1.82) is 0 Å². The van der Waals surface area contributed by atoms with E-state index < -0.39 is 5.92 Å². The first-order chi connectivity index (χ1) is 14.0. The quantitative estimate of drug-likeness (QED) is 0.759. The Balaban J connectivity index is 1.37. The number of ether oxygens (including phenoxy) is 2. The van der Waals surface area contributed by atoms with Crippen LogP contribution in [0, 0.1) is 11.7 Å². The molecule has 0 saturated carbocycles. The van der Waals surface area contributed by atoms with Gasteiger partial charge in [-0.05, 0) is 24.3 Å². The molecule has 29 heavy (non-hydrogen) atoms. The number of halogens is 1. The fourth-order valence-electron chi connectivity index (χ4n) is 3.72. The van der Waals surface area contributed by atoms with E-state index in [2.05, 4.69) is 9.97 Å². The first kappa shape index (κ1) is 19.1. The molecule has 0 bridgehead atoms. The molecule has 2 saturated heterocycles. The lowest BCUT2D eigenvalue weighted by Crippen LogP contribution is -2.37. The highest BCUT2D eigenvalue weighted by Gasteiger charge is 2.39. The molecule has 0 spiro atoms. The predicted octanol–water partition coefficient (Wildman–Crippen LogP) is 1.66. The number of aromatic nitrogens is 2. The topological polar surface area (TPSA) is 84.9 Å². The Labute approximate surface area is 167 Å². The highest BCUT2D eigenvalue weighted by atomic mass is 19.1. The molecule has 2 aliphatic heterocycles. The molecule has 1 aromatic carbocycles. The molecule has 8 nitrogen and oxygen atoms in total. The average Bonchev–Trinajstić information content (AvgIpc) is 3.35. The van der Waals surface area contributed by atoms with Gasteiger partial charge in [0.1, 0.15) is 11.9 Å². The Morgan fingerprint density at radius 3 is 2.59 bits per heavy atom. The standard InChI is InChI=1S/C20H21FN4O4/c1-28-18-19(23-8-7-22-18)29-16-6-9-24(12-16)20(27)13-10-17(26)25(11-13)15-4-2-14(21)3-5-15/h2-5,7-8,13,16H,6,9-12H2,1H3. The fourth-order valence-corrected chi connectivity index (χ4v) is 3.72. The summed E-state index contributed by atoms with van der Waals surface area (Å²) in [6.07, 6.45) is 3.63. The fraction of sp³-hybridized carbons (Fsp3) is 0.400. The highest BCUT2D eigenvalue weighted by molar-refractivity contribution is 6.00. The van der Waals surface area contributed by atoms with Crippen molar-refractivity contribution in [3.05, 3.63) is 42.5 Å². The minimum atomic E-state index is -0.419. The van der Waals surface area contributed by atoms with Crippen molar-refractivity contribution >= 4 is 17.5 Å². The largest absolute Gasteiger partial charge is 0.477 e. The third kappa shape index (κ3) is 3.98. The van der Waals surface area contributed by atoms with E-state index in [0.29, 0.717) is 43.5 Å². The summed E-state index contributed by atoms with van der Waals surface area (Å²) in [4.78, 5) is 36.7. The number of anilines is 1. The van der Waals surface area contributed by atoms with E-state index in [-0.39, 0.29) is 30.2 Å². The minimum absolute atomic E-state index is 0.0693. The summed E-state index contributed by atoms with van der Waals surface area (Å²) >= 11 is 0. The van der Waals surface area contributed by atoms with E-state index >= 15 is 0 Å². The van der Waals surface area contributed by atoms with Crippen molar-refractivity contribution in [3.8, 4) is 11.8 Å². The monoisotopic (exact) mass is 400 g/mol. The third-order valence-electron chi connectivity index (χ3n) is 5.17. The summed E-state index contributed by atoms with van der Waals surface area (Å²) in [5, 5.41) is 0. The smallest absolute Gasteiger partial charge is 0.278 e. The van der Waals surface area contributed by atoms with Crippen LogP contribution in [-0.4, -0.2) is 59.5 Å². The van der Waals surface area contributed by atoms with Crippen LogP contribution in [0.1, 0.15) is 12.8 Å². The maximum Gasteiger partial charge on any atom is 0.278 e. The highest BCUT2D eigenvalue weighted by Crippen LogP contribution is 2.29. The molecule has 1 aromatic heterocycles. The van der Waals surface area contributed by atoms with Gasteiger partial charge < -0.3 is 19.3 Å². The van der Waals surface area contributed by atoms with Gasteiger partial charge in [0, 0.05) is 44.0 Å². The van der Waals surface area contributed by atoms with Crippen LogP contribution < -0.4 is 14.4 Å². The van der Waals surface area contributed by atoms with Crippen molar-refractivity contribution < 1.29 is 23.5 Å². The Hall–Kier alpha value is -3.23. The molecular formula is C20H21FN4O4. The van der Waals surface area contributed by atoms with Crippen molar-refractivity contribution in [2.45, 2.75) is 18.9 Å². The van der Waals surface area contributed by atoms with Gasteiger partial charge in [0.2, 0.25) is 11.8 Å². The number of methoxy groups -OCH3 is 1. The SMILES string of the molecule is COc1nccnc1OC1CCN(C(=O)C2CC(=O)N(c3ccc(F)cc3)C2)C1. The zero-order valence-corrected chi connectivity index (χ0v) is 16.0. The number of carbonyl (C=O) groups is 2. The van der Waals surface area contributed by atoms with Crippen LogP contribution in [0.15, 0.2) is 36.7 Å². The number of carbonyl (C=O) groups excluding carboxylic acids is 2. The van der Waals surface area contributed by atoms with Gasteiger partial charge in [-0.25, -0.2) is 14.4 Å². The zero-order valence-electron chi connectivity index (χ0n) is 16.0. The molecule has 4 rings (SSSR count). The van der Waals surface area contributed by atoms with Crippen LogP contribution in [0.2, 0.25) is 0 Å². The molecule has 9 heteroatoms. The van der Waals surface area contributed by atoms with Crippen LogP contribution in [-0.2, 0) is 9.59 Å². The first-order valence-electron chi connectivity index (χ1n) is 9.41. The lowest BCUT2D eigenvalue weighted by molar-refractivity contribution is -0.135. The Morgan fingerprint density at radius 1 is 1.14 bits per heavy atom. The molecule has 2 amide bonds. The Kier molecular flexibility index (Phi) is 5.28. The lowest BCUT2D eigenvalue weighted by Gasteiger charge is -2.21. The van der Waals surface area contributed by atoms with Gasteiger partial charge >= 0.3 is 0 Å². The van der Waals surface area contributed by atoms with Crippen LogP contribution in [0.4, 0.5) is 10.1 Å². The number of benzene rings is 1. The summed E-state index contributed by atoms with van der Waals surface area (Å²) in [6, 6.07) is 5.71. The van der Waals surface area contributed by atoms with Gasteiger partial charge in [-0.1, -0.05) is 0 Å². The van der Waals surface area contributed by atoms with Crippen molar-refractivity contribution in [3.63, 3.8) is 0 Å². The number of hydrogen-bond acceptors (Lipinski definition) is 6. The molecule has 2 fully saturated rings. The molecule has 0 radical (unpaired) electrons. The zero-order chi connectivity index (χ0) is 20.4. The second kappa shape index (κ2) is 8.02. The van der Waals surface area contributed by atoms with Gasteiger partial charge in [-0.3, -0.25) is 9.59 Å². The van der Waals surface area contributed by atoms with E-state index in [9.17, 15) is 14.0 Å². The second-order valence-electron chi connectivity index (χ2n) is 7.07. The number of rotatable bonds is 5. The predicted molar refractivity (Wildman–Crippen MR) is 101 cm³/mol. The van der Waals surface area contributed by atoms with Crippen molar-refractivity contribution in [1.82, 2.24) is 14.9 Å². The third-order valence-corrected chi connectivity index (χ3v) is 5.17. The Bertz CT molecular complexity index is 908. The van der Waals surface area contributed by atoms with Gasteiger partial charge in [-0.2, -0.15) is 0 Å². The van der Waals surface area contributed by atoms with E-state index in [1.54, 1.807) is 17.0 Å². The van der Waals surface area contributed by atoms with E-state index in [1.165, 1.54) is 36.5 Å². The lowest BCUT2D eigenvalue weighted by atomic mass is 10.1. The second-order valence-corrected chi connectivity index (χ2v) is 7.07. The molecule has 2 unspecified atom stereocenters. The van der Waals surface area contributed by atoms with Crippen LogP contribution in [0.25, 0.3) is 0 Å². The van der Waals surface area contributed by atoms with Crippen molar-refractivity contribution in [2.24, 2.45) is 5.92 Å². The van der Waals surface area contributed by atoms with Gasteiger partial charge in [0.25, 0.3) is 11.8 Å². The van der Waals surface area contributed by atoms with Gasteiger partial charge in [0.05, 0.1) is 19.6 Å². The molecule has 3 heterocycles. The van der Waals surface area contributed by atoms with E-state index in [1.807, 2.05) is 0 Å².